The fraction of sp³-hybridized carbons (Fsp3) is 0.0968. The quantitative estimate of drug-likeness (QED) is 0.233. The standard InChI is InChI=1S/C31H20ClF3N4O2/c1-19-5-2-8-24(36-19)18-41-26-10-4-9-25(31(33,34)35)27(26)29-37-28(38-30(40)39-29)22-15-13-20(14-16-22)11-12-21-6-3-7-23(32)17-21/h2-10,13-17H,18H2,1H3,(H,37,38,39,40). The largest absolute Gasteiger partial charge is 0.487 e. The number of halogens is 4. The number of aromatic amines is 1. The van der Waals surface area contributed by atoms with Crippen LogP contribution in [0, 0.1) is 18.8 Å². The minimum Gasteiger partial charge on any atom is -0.487 e. The Labute approximate surface area is 237 Å². The molecule has 0 saturated carbocycles. The third-order valence-corrected chi connectivity index (χ3v) is 6.09. The summed E-state index contributed by atoms with van der Waals surface area (Å²) >= 11 is 6.00. The van der Waals surface area contributed by atoms with Crippen LogP contribution in [0.25, 0.3) is 22.8 Å². The van der Waals surface area contributed by atoms with Gasteiger partial charge in [-0.05, 0) is 73.7 Å². The highest BCUT2D eigenvalue weighted by molar-refractivity contribution is 6.30. The van der Waals surface area contributed by atoms with Crippen molar-refractivity contribution >= 4 is 11.6 Å². The summed E-state index contributed by atoms with van der Waals surface area (Å²) in [7, 11) is 0. The number of ether oxygens (including phenoxy) is 1. The van der Waals surface area contributed by atoms with Crippen LogP contribution in [0.15, 0.2) is 89.7 Å². The fourth-order valence-electron chi connectivity index (χ4n) is 4.01. The molecule has 0 amide bonds. The smallest absolute Gasteiger partial charge is 0.417 e. The van der Waals surface area contributed by atoms with E-state index in [2.05, 4.69) is 31.8 Å². The molecule has 5 rings (SSSR count). The maximum Gasteiger partial charge on any atom is 0.417 e. The number of aromatic nitrogens is 4. The molecule has 0 aliphatic heterocycles. The minimum atomic E-state index is -4.75. The average Bonchev–Trinajstić information content (AvgIpc) is 2.94. The van der Waals surface area contributed by atoms with E-state index in [0.717, 1.165) is 17.3 Å². The molecular formula is C31H20ClF3N4O2. The van der Waals surface area contributed by atoms with Crippen molar-refractivity contribution in [3.05, 3.63) is 129 Å². The van der Waals surface area contributed by atoms with Crippen molar-refractivity contribution in [3.8, 4) is 40.4 Å². The lowest BCUT2D eigenvalue weighted by atomic mass is 10.0. The van der Waals surface area contributed by atoms with Crippen LogP contribution in [-0.2, 0) is 12.8 Å². The van der Waals surface area contributed by atoms with Crippen LogP contribution in [0.5, 0.6) is 5.75 Å². The topological polar surface area (TPSA) is 80.8 Å². The van der Waals surface area contributed by atoms with Crippen LogP contribution in [0.3, 0.4) is 0 Å². The zero-order valence-electron chi connectivity index (χ0n) is 21.5. The van der Waals surface area contributed by atoms with Crippen LogP contribution in [0.1, 0.15) is 28.1 Å². The summed E-state index contributed by atoms with van der Waals surface area (Å²) < 4.78 is 48.0. The van der Waals surface area contributed by atoms with Crippen molar-refractivity contribution in [3.63, 3.8) is 0 Å². The first-order valence-corrected chi connectivity index (χ1v) is 12.7. The van der Waals surface area contributed by atoms with Gasteiger partial charge in [0.15, 0.2) is 5.82 Å². The molecule has 2 heterocycles. The van der Waals surface area contributed by atoms with Crippen LogP contribution in [0.4, 0.5) is 13.2 Å². The van der Waals surface area contributed by atoms with E-state index in [1.807, 2.05) is 6.07 Å². The molecule has 0 aliphatic carbocycles. The predicted molar refractivity (Wildman–Crippen MR) is 149 cm³/mol. The number of H-pyrrole nitrogens is 1. The van der Waals surface area contributed by atoms with Gasteiger partial charge in [-0.25, -0.2) is 9.78 Å². The van der Waals surface area contributed by atoms with E-state index in [1.165, 1.54) is 12.1 Å². The molecule has 2 aromatic heterocycles. The molecule has 0 aliphatic rings. The van der Waals surface area contributed by atoms with Crippen LogP contribution >= 0.6 is 11.6 Å². The third-order valence-electron chi connectivity index (χ3n) is 5.86. The van der Waals surface area contributed by atoms with E-state index in [4.69, 9.17) is 16.3 Å². The Morgan fingerprint density at radius 1 is 0.878 bits per heavy atom. The second-order valence-electron chi connectivity index (χ2n) is 8.90. The first kappa shape index (κ1) is 27.6. The number of rotatable bonds is 5. The molecule has 6 nitrogen and oxygen atoms in total. The van der Waals surface area contributed by atoms with Crippen molar-refractivity contribution in [1.29, 1.82) is 0 Å². The number of alkyl halides is 3. The highest BCUT2D eigenvalue weighted by atomic mass is 35.5. The maximum absolute atomic E-state index is 14.1. The number of pyridine rings is 1. The number of nitrogens with one attached hydrogen (secondary N) is 1. The van der Waals surface area contributed by atoms with Crippen molar-refractivity contribution in [1.82, 2.24) is 19.9 Å². The number of hydrogen-bond donors (Lipinski definition) is 1. The molecule has 41 heavy (non-hydrogen) atoms. The number of benzene rings is 3. The Balaban J connectivity index is 1.51. The van der Waals surface area contributed by atoms with Gasteiger partial charge in [0, 0.05) is 27.4 Å². The molecule has 0 radical (unpaired) electrons. The second-order valence-corrected chi connectivity index (χ2v) is 9.34. The van der Waals surface area contributed by atoms with Crippen molar-refractivity contribution in [2.75, 3.05) is 0 Å². The summed E-state index contributed by atoms with van der Waals surface area (Å²) in [6, 6.07) is 22.6. The predicted octanol–water partition coefficient (Wildman–Crippen LogP) is 6.85. The number of nitrogens with zero attached hydrogens (tertiary/aromatic N) is 3. The fourth-order valence-corrected chi connectivity index (χ4v) is 4.20. The molecular weight excluding hydrogens is 553 g/mol. The van der Waals surface area contributed by atoms with E-state index in [1.54, 1.807) is 67.6 Å². The Bertz CT molecular complexity index is 1840. The zero-order valence-corrected chi connectivity index (χ0v) is 22.2. The van der Waals surface area contributed by atoms with Gasteiger partial charge in [0.1, 0.15) is 18.2 Å². The summed E-state index contributed by atoms with van der Waals surface area (Å²) in [6.07, 6.45) is -4.75. The van der Waals surface area contributed by atoms with Gasteiger partial charge in [-0.3, -0.25) is 9.97 Å². The molecule has 204 valence electrons. The van der Waals surface area contributed by atoms with Crippen molar-refractivity contribution in [2.24, 2.45) is 0 Å². The van der Waals surface area contributed by atoms with Crippen LogP contribution in [-0.4, -0.2) is 19.9 Å². The average molecular weight is 573 g/mol. The lowest BCUT2D eigenvalue weighted by Gasteiger charge is -2.17. The lowest BCUT2D eigenvalue weighted by Crippen LogP contribution is -2.17. The Hall–Kier alpha value is -4.94. The lowest BCUT2D eigenvalue weighted by molar-refractivity contribution is -0.137. The van der Waals surface area contributed by atoms with Crippen LogP contribution < -0.4 is 10.4 Å². The first-order valence-electron chi connectivity index (χ1n) is 12.3. The second kappa shape index (κ2) is 11.7. The molecule has 0 saturated heterocycles. The monoisotopic (exact) mass is 572 g/mol. The van der Waals surface area contributed by atoms with E-state index < -0.39 is 23.0 Å². The SMILES string of the molecule is Cc1cccc(COc2cccc(C(F)(F)F)c2-c2nc(-c3ccc(C#Cc4cccc(Cl)c4)cc3)nc(=O)[nH]2)n1. The van der Waals surface area contributed by atoms with Gasteiger partial charge in [0.25, 0.3) is 0 Å². The van der Waals surface area contributed by atoms with Gasteiger partial charge in [-0.15, -0.1) is 0 Å². The molecule has 1 N–H and O–H groups in total. The maximum atomic E-state index is 14.1. The van der Waals surface area contributed by atoms with E-state index in [9.17, 15) is 18.0 Å². The highest BCUT2D eigenvalue weighted by Crippen LogP contribution is 2.41. The number of hydrogen-bond acceptors (Lipinski definition) is 5. The summed E-state index contributed by atoms with van der Waals surface area (Å²) in [6.45, 7) is 1.71. The van der Waals surface area contributed by atoms with Gasteiger partial charge >= 0.3 is 11.9 Å². The van der Waals surface area contributed by atoms with Crippen molar-refractivity contribution < 1.29 is 17.9 Å². The number of aryl methyl sites for hydroxylation is 1. The van der Waals surface area contributed by atoms with E-state index >= 15 is 0 Å². The molecule has 0 unspecified atom stereocenters. The molecule has 0 spiro atoms. The Kier molecular flexibility index (Phi) is 7.86. The molecule has 0 atom stereocenters. The summed E-state index contributed by atoms with van der Waals surface area (Å²) in [4.78, 5) is 27.4. The van der Waals surface area contributed by atoms with Gasteiger partial charge in [0.2, 0.25) is 0 Å². The first-order chi connectivity index (χ1) is 19.7. The Morgan fingerprint density at radius 2 is 1.61 bits per heavy atom. The van der Waals surface area contributed by atoms with Gasteiger partial charge in [0.05, 0.1) is 16.8 Å². The van der Waals surface area contributed by atoms with Crippen LogP contribution in [0.2, 0.25) is 5.02 Å². The summed E-state index contributed by atoms with van der Waals surface area (Å²) in [5.41, 5.74) is 0.812. The summed E-state index contributed by atoms with van der Waals surface area (Å²) in [5.74, 6) is 5.52. The Morgan fingerprint density at radius 3 is 2.34 bits per heavy atom. The van der Waals surface area contributed by atoms with Crippen molar-refractivity contribution in [2.45, 2.75) is 19.7 Å². The van der Waals surface area contributed by atoms with Gasteiger partial charge in [-0.1, -0.05) is 41.6 Å². The van der Waals surface area contributed by atoms with E-state index in [0.29, 0.717) is 21.8 Å². The molecule has 3 aromatic carbocycles. The third kappa shape index (κ3) is 6.80. The van der Waals surface area contributed by atoms with E-state index in [-0.39, 0.29) is 24.0 Å². The summed E-state index contributed by atoms with van der Waals surface area (Å²) in [5, 5.41) is 0.571. The molecule has 0 bridgehead atoms. The normalized spacial score (nSPS) is 11.0. The highest BCUT2D eigenvalue weighted by Gasteiger charge is 2.36. The zero-order chi connectivity index (χ0) is 29.0. The molecule has 0 fully saturated rings. The molecule has 5 aromatic rings. The van der Waals surface area contributed by atoms with Gasteiger partial charge in [-0.2, -0.15) is 18.2 Å². The van der Waals surface area contributed by atoms with Gasteiger partial charge < -0.3 is 4.74 Å². The minimum absolute atomic E-state index is 0.0543. The molecule has 10 heteroatoms.